The Morgan fingerprint density at radius 3 is 2.71 bits per heavy atom. The fraction of sp³-hybridized carbons (Fsp3) is 0.692. The Morgan fingerprint density at radius 2 is 2.24 bits per heavy atom. The van der Waals surface area contributed by atoms with Crippen LogP contribution in [-0.4, -0.2) is 40.3 Å². The molecule has 1 aromatic rings. The molecule has 2 rings (SSSR count). The first-order valence-electron chi connectivity index (χ1n) is 6.67. The van der Waals surface area contributed by atoms with Crippen LogP contribution in [0, 0.1) is 12.8 Å². The van der Waals surface area contributed by atoms with Crippen LogP contribution < -0.4 is 0 Å². The van der Waals surface area contributed by atoms with Crippen molar-refractivity contribution in [2.45, 2.75) is 43.2 Å². The summed E-state index contributed by atoms with van der Waals surface area (Å²) in [6, 6.07) is -0.349. The van der Waals surface area contributed by atoms with Gasteiger partial charge in [-0.25, -0.2) is 4.98 Å². The van der Waals surface area contributed by atoms with Crippen molar-refractivity contribution in [3.05, 3.63) is 11.1 Å². The highest BCUT2D eigenvalue weighted by atomic mass is 32.2. The third kappa shape index (κ3) is 5.18. The van der Waals surface area contributed by atoms with Crippen molar-refractivity contribution in [3.8, 4) is 0 Å². The van der Waals surface area contributed by atoms with Gasteiger partial charge in [0, 0.05) is 17.1 Å². The van der Waals surface area contributed by atoms with Gasteiger partial charge in [-0.3, -0.25) is 4.79 Å². The lowest BCUT2D eigenvalue weighted by atomic mass is 10.2. The summed E-state index contributed by atoms with van der Waals surface area (Å²) in [5.74, 6) is -0.256. The first-order valence-corrected chi connectivity index (χ1v) is 8.54. The van der Waals surface area contributed by atoms with Crippen molar-refractivity contribution in [1.29, 1.82) is 0 Å². The van der Waals surface area contributed by atoms with Gasteiger partial charge >= 0.3 is 6.18 Å². The van der Waals surface area contributed by atoms with Gasteiger partial charge in [-0.05, 0) is 32.6 Å². The van der Waals surface area contributed by atoms with Crippen LogP contribution >= 0.6 is 23.1 Å². The molecule has 8 heteroatoms. The molecule has 1 amide bonds. The van der Waals surface area contributed by atoms with Gasteiger partial charge in [-0.15, -0.1) is 11.3 Å². The molecule has 21 heavy (non-hydrogen) atoms. The number of halogens is 3. The molecule has 0 bridgehead atoms. The molecule has 0 aromatic carbocycles. The van der Waals surface area contributed by atoms with E-state index in [0.717, 1.165) is 23.4 Å². The van der Waals surface area contributed by atoms with E-state index < -0.39 is 18.6 Å². The number of carbonyl (C=O) groups is 1. The highest BCUT2D eigenvalue weighted by molar-refractivity contribution is 8.01. The SMILES string of the molecule is Cc1csc(SCC(=O)N(CC(F)(F)F)C(C)C2CC2)n1. The topological polar surface area (TPSA) is 33.2 Å². The Labute approximate surface area is 129 Å². The second-order valence-corrected chi connectivity index (χ2v) is 7.34. The maximum atomic E-state index is 12.7. The molecular weight excluding hydrogens is 321 g/mol. The second-order valence-electron chi connectivity index (χ2n) is 5.26. The van der Waals surface area contributed by atoms with Crippen molar-refractivity contribution in [2.75, 3.05) is 12.3 Å². The lowest BCUT2D eigenvalue weighted by Gasteiger charge is -2.30. The van der Waals surface area contributed by atoms with Gasteiger partial charge in [-0.1, -0.05) is 11.8 Å². The Morgan fingerprint density at radius 1 is 1.57 bits per heavy atom. The quantitative estimate of drug-likeness (QED) is 0.741. The number of amides is 1. The fourth-order valence-corrected chi connectivity index (χ4v) is 3.83. The third-order valence-electron chi connectivity index (χ3n) is 3.38. The van der Waals surface area contributed by atoms with Crippen molar-refractivity contribution in [1.82, 2.24) is 9.88 Å². The van der Waals surface area contributed by atoms with Gasteiger partial charge in [0.2, 0.25) is 5.91 Å². The number of aryl methyl sites for hydroxylation is 1. The van der Waals surface area contributed by atoms with Crippen LogP contribution in [0.4, 0.5) is 13.2 Å². The van der Waals surface area contributed by atoms with Gasteiger partial charge < -0.3 is 4.90 Å². The van der Waals surface area contributed by atoms with E-state index in [1.165, 1.54) is 23.1 Å². The van der Waals surface area contributed by atoms with Gasteiger partial charge in [0.25, 0.3) is 0 Å². The van der Waals surface area contributed by atoms with Crippen molar-refractivity contribution < 1.29 is 18.0 Å². The molecule has 1 fully saturated rings. The first kappa shape index (κ1) is 16.6. The van der Waals surface area contributed by atoms with E-state index in [0.29, 0.717) is 4.34 Å². The predicted octanol–water partition coefficient (Wildman–Crippen LogP) is 3.73. The molecule has 1 unspecified atom stereocenters. The minimum Gasteiger partial charge on any atom is -0.330 e. The monoisotopic (exact) mass is 338 g/mol. The summed E-state index contributed by atoms with van der Waals surface area (Å²) in [6.45, 7) is 2.38. The van der Waals surface area contributed by atoms with E-state index in [-0.39, 0.29) is 17.7 Å². The molecule has 1 saturated carbocycles. The summed E-state index contributed by atoms with van der Waals surface area (Å²) >= 11 is 2.60. The highest BCUT2D eigenvalue weighted by Crippen LogP contribution is 2.36. The summed E-state index contributed by atoms with van der Waals surface area (Å²) in [7, 11) is 0. The number of rotatable bonds is 6. The average Bonchev–Trinajstić information content (AvgIpc) is 3.15. The van der Waals surface area contributed by atoms with Crippen LogP contribution in [0.25, 0.3) is 0 Å². The molecule has 1 aromatic heterocycles. The van der Waals surface area contributed by atoms with Crippen molar-refractivity contribution >= 4 is 29.0 Å². The summed E-state index contributed by atoms with van der Waals surface area (Å²) in [5, 5.41) is 1.85. The normalized spacial score (nSPS) is 16.8. The minimum absolute atomic E-state index is 0.0000926. The molecular formula is C13H17F3N2OS2. The summed E-state index contributed by atoms with van der Waals surface area (Å²) < 4.78 is 38.7. The summed E-state index contributed by atoms with van der Waals surface area (Å²) in [5.41, 5.74) is 0.855. The van der Waals surface area contributed by atoms with Crippen molar-refractivity contribution in [2.24, 2.45) is 5.92 Å². The lowest BCUT2D eigenvalue weighted by molar-refractivity contribution is -0.164. The van der Waals surface area contributed by atoms with E-state index in [9.17, 15) is 18.0 Å². The number of thiazole rings is 1. The maximum Gasteiger partial charge on any atom is 0.406 e. The molecule has 0 spiro atoms. The zero-order chi connectivity index (χ0) is 15.6. The van der Waals surface area contributed by atoms with E-state index in [1.54, 1.807) is 6.92 Å². The van der Waals surface area contributed by atoms with Gasteiger partial charge in [0.05, 0.1) is 5.75 Å². The highest BCUT2D eigenvalue weighted by Gasteiger charge is 2.40. The Hall–Kier alpha value is -0.760. The molecule has 3 nitrogen and oxygen atoms in total. The second kappa shape index (κ2) is 6.56. The van der Waals surface area contributed by atoms with E-state index in [4.69, 9.17) is 0 Å². The van der Waals surface area contributed by atoms with Crippen LogP contribution in [-0.2, 0) is 4.79 Å². The number of hydrogen-bond donors (Lipinski definition) is 0. The van der Waals surface area contributed by atoms with Gasteiger partial charge in [0.1, 0.15) is 6.54 Å². The molecule has 0 radical (unpaired) electrons. The third-order valence-corrected chi connectivity index (χ3v) is 5.51. The molecule has 0 N–H and O–H groups in total. The lowest BCUT2D eigenvalue weighted by Crippen LogP contribution is -2.46. The van der Waals surface area contributed by atoms with Gasteiger partial charge in [-0.2, -0.15) is 13.2 Å². The molecule has 118 valence electrons. The number of hydrogen-bond acceptors (Lipinski definition) is 4. The summed E-state index contributed by atoms with van der Waals surface area (Å²) in [6.07, 6.45) is -2.55. The van der Waals surface area contributed by atoms with E-state index in [1.807, 2.05) is 12.3 Å². The fourth-order valence-electron chi connectivity index (χ4n) is 2.09. The van der Waals surface area contributed by atoms with E-state index in [2.05, 4.69) is 4.98 Å². The molecule has 1 aliphatic rings. The number of nitrogens with zero attached hydrogens (tertiary/aromatic N) is 2. The molecule has 1 aliphatic carbocycles. The Balaban J connectivity index is 1.96. The molecule has 1 atom stereocenters. The van der Waals surface area contributed by atoms with Gasteiger partial charge in [0.15, 0.2) is 4.34 Å². The number of aromatic nitrogens is 1. The maximum absolute atomic E-state index is 12.7. The number of thioether (sulfide) groups is 1. The van der Waals surface area contributed by atoms with E-state index >= 15 is 0 Å². The number of alkyl halides is 3. The van der Waals surface area contributed by atoms with Crippen LogP contribution in [0.3, 0.4) is 0 Å². The molecule has 0 aliphatic heterocycles. The first-order chi connectivity index (χ1) is 9.76. The zero-order valence-corrected chi connectivity index (χ0v) is 13.4. The van der Waals surface area contributed by atoms with Crippen LogP contribution in [0.1, 0.15) is 25.5 Å². The number of carbonyl (C=O) groups excluding carboxylic acids is 1. The van der Waals surface area contributed by atoms with Crippen molar-refractivity contribution in [3.63, 3.8) is 0 Å². The minimum atomic E-state index is -4.36. The standard InChI is InChI=1S/C13H17F3N2OS2/c1-8-5-20-12(17-8)21-6-11(19)18(7-13(14,15)16)9(2)10-3-4-10/h5,9-10H,3-4,6-7H2,1-2H3. The molecule has 1 heterocycles. The van der Waals surface area contributed by atoms with Crippen LogP contribution in [0.2, 0.25) is 0 Å². The largest absolute Gasteiger partial charge is 0.406 e. The zero-order valence-electron chi connectivity index (χ0n) is 11.8. The average molecular weight is 338 g/mol. The molecule has 0 saturated heterocycles. The Bertz CT molecular complexity index is 500. The van der Waals surface area contributed by atoms with Crippen LogP contribution in [0.5, 0.6) is 0 Å². The smallest absolute Gasteiger partial charge is 0.330 e. The Kier molecular flexibility index (Phi) is 5.19. The summed E-state index contributed by atoms with van der Waals surface area (Å²) in [4.78, 5) is 17.3. The van der Waals surface area contributed by atoms with Crippen LogP contribution in [0.15, 0.2) is 9.72 Å². The predicted molar refractivity (Wildman–Crippen MR) is 77.5 cm³/mol.